The first kappa shape index (κ1) is 22.3. The summed E-state index contributed by atoms with van der Waals surface area (Å²) in [5.41, 5.74) is 4.43. The zero-order valence-electron chi connectivity index (χ0n) is 18.4. The number of nitriles is 1. The van der Waals surface area contributed by atoms with Gasteiger partial charge < -0.3 is 4.90 Å². The molecule has 0 radical (unpaired) electrons. The van der Waals surface area contributed by atoms with E-state index in [0.717, 1.165) is 68.8 Å². The molecule has 162 valence electrons. The molecular formula is C24H27Br2N5. The van der Waals surface area contributed by atoms with E-state index in [1.54, 1.807) is 0 Å². The molecule has 1 aromatic carbocycles. The van der Waals surface area contributed by atoms with Crippen molar-refractivity contribution in [2.45, 2.75) is 52.9 Å². The molecule has 0 atom stereocenters. The fraction of sp³-hybridized carbons (Fsp3) is 0.458. The summed E-state index contributed by atoms with van der Waals surface area (Å²) in [4.78, 5) is 12.1. The minimum absolute atomic E-state index is 0.449. The molecule has 4 rings (SSSR count). The second-order valence-corrected chi connectivity index (χ2v) is 10.5. The third kappa shape index (κ3) is 4.25. The van der Waals surface area contributed by atoms with Crippen molar-refractivity contribution < 1.29 is 0 Å². The van der Waals surface area contributed by atoms with Gasteiger partial charge in [-0.25, -0.2) is 9.97 Å². The van der Waals surface area contributed by atoms with Gasteiger partial charge >= 0.3 is 0 Å². The lowest BCUT2D eigenvalue weighted by molar-refractivity contribution is 0.411. The Morgan fingerprint density at radius 1 is 1.13 bits per heavy atom. The van der Waals surface area contributed by atoms with Crippen molar-refractivity contribution in [2.24, 2.45) is 5.92 Å². The molecule has 0 aliphatic carbocycles. The molecular weight excluding hydrogens is 518 g/mol. The number of aromatic nitrogens is 3. The van der Waals surface area contributed by atoms with Crippen LogP contribution in [-0.4, -0.2) is 27.6 Å². The van der Waals surface area contributed by atoms with Gasteiger partial charge in [-0.1, -0.05) is 13.8 Å². The summed E-state index contributed by atoms with van der Waals surface area (Å²) < 4.78 is 4.25. The molecule has 1 aliphatic rings. The second-order valence-electron chi connectivity index (χ2n) is 8.76. The number of aryl methyl sites for hydroxylation is 2. The molecule has 7 heteroatoms. The molecule has 1 aliphatic heterocycles. The molecule has 3 aromatic rings. The summed E-state index contributed by atoms with van der Waals surface area (Å²) in [5, 5.41) is 10.1. The summed E-state index contributed by atoms with van der Waals surface area (Å²) in [6.07, 6.45) is 4.87. The Kier molecular flexibility index (Phi) is 6.41. The average molecular weight is 545 g/mol. The lowest BCUT2D eigenvalue weighted by atomic mass is 9.94. The number of rotatable bonds is 4. The van der Waals surface area contributed by atoms with E-state index in [1.165, 1.54) is 5.56 Å². The van der Waals surface area contributed by atoms with Crippen LogP contribution in [0.15, 0.2) is 27.3 Å². The largest absolute Gasteiger partial charge is 0.356 e. The molecule has 0 unspecified atom stereocenters. The highest BCUT2D eigenvalue weighted by atomic mass is 79.9. The van der Waals surface area contributed by atoms with Crippen molar-refractivity contribution in [1.29, 1.82) is 5.26 Å². The van der Waals surface area contributed by atoms with Crippen LogP contribution in [-0.2, 0) is 0 Å². The molecule has 2 aromatic heterocycles. The molecule has 0 saturated carbocycles. The Bertz CT molecular complexity index is 1140. The van der Waals surface area contributed by atoms with Crippen LogP contribution >= 0.6 is 31.9 Å². The third-order valence-electron chi connectivity index (χ3n) is 6.17. The van der Waals surface area contributed by atoms with Crippen LogP contribution < -0.4 is 4.90 Å². The number of nitrogens with zero attached hydrogens (tertiary/aromatic N) is 5. The van der Waals surface area contributed by atoms with Crippen molar-refractivity contribution >= 4 is 48.7 Å². The zero-order chi connectivity index (χ0) is 22.3. The predicted molar refractivity (Wildman–Crippen MR) is 133 cm³/mol. The number of halogens is 2. The molecule has 0 bridgehead atoms. The van der Waals surface area contributed by atoms with Crippen molar-refractivity contribution in [1.82, 2.24) is 14.5 Å². The van der Waals surface area contributed by atoms with Crippen LogP contribution in [0.2, 0.25) is 0 Å². The van der Waals surface area contributed by atoms with Crippen LogP contribution in [0.4, 0.5) is 5.82 Å². The van der Waals surface area contributed by atoms with Gasteiger partial charge in [-0.05, 0) is 93.6 Å². The van der Waals surface area contributed by atoms with Crippen molar-refractivity contribution in [3.63, 3.8) is 0 Å². The van der Waals surface area contributed by atoms with E-state index in [0.29, 0.717) is 18.3 Å². The lowest BCUT2D eigenvalue weighted by Crippen LogP contribution is -2.34. The third-order valence-corrected chi connectivity index (χ3v) is 7.38. The van der Waals surface area contributed by atoms with E-state index >= 15 is 0 Å². The van der Waals surface area contributed by atoms with Gasteiger partial charge in [0.15, 0.2) is 5.65 Å². The van der Waals surface area contributed by atoms with Gasteiger partial charge in [0.05, 0.1) is 17.1 Å². The molecule has 3 heterocycles. The van der Waals surface area contributed by atoms with Gasteiger partial charge in [-0.3, -0.25) is 4.57 Å². The van der Waals surface area contributed by atoms with Crippen molar-refractivity contribution in [3.05, 3.63) is 44.2 Å². The van der Waals surface area contributed by atoms with Crippen molar-refractivity contribution in [3.8, 4) is 11.8 Å². The van der Waals surface area contributed by atoms with E-state index in [2.05, 4.69) is 86.5 Å². The molecule has 0 spiro atoms. The van der Waals surface area contributed by atoms with Crippen LogP contribution in [0.1, 0.15) is 56.0 Å². The maximum absolute atomic E-state index is 9.02. The van der Waals surface area contributed by atoms with E-state index in [-0.39, 0.29) is 0 Å². The summed E-state index contributed by atoms with van der Waals surface area (Å²) in [6, 6.07) is 6.72. The molecule has 5 nitrogen and oxygen atoms in total. The predicted octanol–water partition coefficient (Wildman–Crippen LogP) is 6.82. The summed E-state index contributed by atoms with van der Waals surface area (Å²) in [6.45, 7) is 10.4. The van der Waals surface area contributed by atoms with E-state index in [4.69, 9.17) is 15.2 Å². The first-order chi connectivity index (χ1) is 14.8. The summed E-state index contributed by atoms with van der Waals surface area (Å²) >= 11 is 7.60. The van der Waals surface area contributed by atoms with Gasteiger partial charge in [0, 0.05) is 34.7 Å². The topological polar surface area (TPSA) is 57.7 Å². The lowest BCUT2D eigenvalue weighted by Gasteiger charge is -2.32. The maximum atomic E-state index is 9.02. The standard InChI is InChI=1S/C24H27Br2N5/c1-14(2)18-11-19(25)22(20(26)12-18)31-13-15(3)21-23(28-16(4)29-24(21)31)30-9-6-17(5-8-27)7-10-30/h11-14,17H,5-7,9-10H2,1-4H3. The smallest absolute Gasteiger partial charge is 0.150 e. The van der Waals surface area contributed by atoms with Crippen LogP contribution in [0, 0.1) is 31.1 Å². The van der Waals surface area contributed by atoms with Crippen LogP contribution in [0.3, 0.4) is 0 Å². The Balaban J connectivity index is 1.82. The van der Waals surface area contributed by atoms with Gasteiger partial charge in [-0.2, -0.15) is 5.26 Å². The van der Waals surface area contributed by atoms with Crippen LogP contribution in [0.25, 0.3) is 16.7 Å². The van der Waals surface area contributed by atoms with Gasteiger partial charge in [0.1, 0.15) is 11.6 Å². The summed E-state index contributed by atoms with van der Waals surface area (Å²) in [7, 11) is 0. The normalized spacial score (nSPS) is 15.1. The monoisotopic (exact) mass is 543 g/mol. The molecule has 0 amide bonds. The molecule has 31 heavy (non-hydrogen) atoms. The number of anilines is 1. The van der Waals surface area contributed by atoms with Crippen molar-refractivity contribution in [2.75, 3.05) is 18.0 Å². The highest BCUT2D eigenvalue weighted by molar-refractivity contribution is 9.11. The number of fused-ring (bicyclic) bond motifs is 1. The highest BCUT2D eigenvalue weighted by Crippen LogP contribution is 2.38. The number of hydrogen-bond donors (Lipinski definition) is 0. The Labute approximate surface area is 200 Å². The number of piperidine rings is 1. The number of hydrogen-bond acceptors (Lipinski definition) is 4. The van der Waals surface area contributed by atoms with Gasteiger partial charge in [-0.15, -0.1) is 0 Å². The fourth-order valence-electron chi connectivity index (χ4n) is 4.42. The minimum atomic E-state index is 0.449. The Morgan fingerprint density at radius 3 is 2.35 bits per heavy atom. The summed E-state index contributed by atoms with van der Waals surface area (Å²) in [5.74, 6) is 2.73. The van der Waals surface area contributed by atoms with Crippen LogP contribution in [0.5, 0.6) is 0 Å². The van der Waals surface area contributed by atoms with Gasteiger partial charge in [0.25, 0.3) is 0 Å². The first-order valence-electron chi connectivity index (χ1n) is 10.8. The fourth-order valence-corrected chi connectivity index (χ4v) is 6.02. The Morgan fingerprint density at radius 2 is 1.77 bits per heavy atom. The zero-order valence-corrected chi connectivity index (χ0v) is 21.6. The van der Waals surface area contributed by atoms with E-state index in [1.807, 2.05) is 6.92 Å². The maximum Gasteiger partial charge on any atom is 0.150 e. The SMILES string of the molecule is Cc1nc(N2CCC(CC#N)CC2)c2c(C)cn(-c3c(Br)cc(C(C)C)cc3Br)c2n1. The van der Waals surface area contributed by atoms with E-state index < -0.39 is 0 Å². The highest BCUT2D eigenvalue weighted by Gasteiger charge is 2.25. The molecule has 0 N–H and O–H groups in total. The molecule has 1 saturated heterocycles. The Hall–Kier alpha value is -1.91. The van der Waals surface area contributed by atoms with E-state index in [9.17, 15) is 0 Å². The number of benzene rings is 1. The first-order valence-corrected chi connectivity index (χ1v) is 12.4. The minimum Gasteiger partial charge on any atom is -0.356 e. The molecule has 1 fully saturated rings. The van der Waals surface area contributed by atoms with Gasteiger partial charge in [0.2, 0.25) is 0 Å². The average Bonchev–Trinajstić information content (AvgIpc) is 3.03. The second kappa shape index (κ2) is 8.91. The quantitative estimate of drug-likeness (QED) is 0.361.